The highest BCUT2D eigenvalue weighted by Gasteiger charge is 2.30. The van der Waals surface area contributed by atoms with Crippen LogP contribution in [0.15, 0.2) is 24.3 Å². The molecule has 18 heavy (non-hydrogen) atoms. The van der Waals surface area contributed by atoms with Crippen LogP contribution in [0.3, 0.4) is 0 Å². The number of rotatable bonds is 7. The smallest absolute Gasteiger partial charge is 0.0586 e. The first kappa shape index (κ1) is 13.6. The maximum absolute atomic E-state index is 5.90. The van der Waals surface area contributed by atoms with E-state index < -0.39 is 0 Å². The minimum absolute atomic E-state index is 0.526. The van der Waals surface area contributed by atoms with Crippen molar-refractivity contribution >= 4 is 0 Å². The van der Waals surface area contributed by atoms with Crippen molar-refractivity contribution in [3.05, 3.63) is 35.4 Å². The average Bonchev–Trinajstić information content (AvgIpc) is 2.33. The van der Waals surface area contributed by atoms with Gasteiger partial charge in [0.1, 0.15) is 0 Å². The standard InChI is InChI=1S/C17H26O/c1-3-4-5-6-11-18-17-12-16(13-17)15-9-7-14(2)8-10-15/h7-10,16-17H,3-6,11-13H2,1-2H3/t16-,17+. The van der Waals surface area contributed by atoms with Crippen molar-refractivity contribution in [2.24, 2.45) is 0 Å². The molecule has 0 aliphatic heterocycles. The summed E-state index contributed by atoms with van der Waals surface area (Å²) in [5.74, 6) is 0.742. The Labute approximate surface area is 112 Å². The Morgan fingerprint density at radius 2 is 1.78 bits per heavy atom. The van der Waals surface area contributed by atoms with E-state index in [1.54, 1.807) is 0 Å². The third kappa shape index (κ3) is 3.84. The van der Waals surface area contributed by atoms with Crippen molar-refractivity contribution in [3.8, 4) is 0 Å². The fraction of sp³-hybridized carbons (Fsp3) is 0.647. The number of unbranched alkanes of at least 4 members (excludes halogenated alkanes) is 3. The molecule has 2 rings (SSSR count). The summed E-state index contributed by atoms with van der Waals surface area (Å²) in [7, 11) is 0. The van der Waals surface area contributed by atoms with Crippen LogP contribution < -0.4 is 0 Å². The number of ether oxygens (including phenoxy) is 1. The Balaban J connectivity index is 1.60. The van der Waals surface area contributed by atoms with Crippen LogP contribution in [-0.4, -0.2) is 12.7 Å². The zero-order chi connectivity index (χ0) is 12.8. The minimum atomic E-state index is 0.526. The van der Waals surface area contributed by atoms with E-state index in [1.807, 2.05) is 0 Å². The Bertz CT molecular complexity index is 335. The first-order valence-corrected chi connectivity index (χ1v) is 7.47. The molecule has 1 aromatic carbocycles. The molecule has 100 valence electrons. The molecule has 1 fully saturated rings. The number of benzene rings is 1. The van der Waals surface area contributed by atoms with Gasteiger partial charge in [0.2, 0.25) is 0 Å². The van der Waals surface area contributed by atoms with Gasteiger partial charge in [-0.3, -0.25) is 0 Å². The molecule has 0 spiro atoms. The van der Waals surface area contributed by atoms with Gasteiger partial charge in [0, 0.05) is 6.61 Å². The lowest BCUT2D eigenvalue weighted by molar-refractivity contribution is -0.0117. The van der Waals surface area contributed by atoms with Gasteiger partial charge in [-0.25, -0.2) is 0 Å². The van der Waals surface area contributed by atoms with Crippen molar-refractivity contribution in [1.82, 2.24) is 0 Å². The van der Waals surface area contributed by atoms with Crippen LogP contribution in [0.2, 0.25) is 0 Å². The molecule has 0 aromatic heterocycles. The SMILES string of the molecule is CCCCCCO[C@H]1C[C@@H](c2ccc(C)cc2)C1. The fourth-order valence-electron chi connectivity index (χ4n) is 2.59. The van der Waals surface area contributed by atoms with E-state index in [-0.39, 0.29) is 0 Å². The van der Waals surface area contributed by atoms with E-state index >= 15 is 0 Å². The Morgan fingerprint density at radius 1 is 1.06 bits per heavy atom. The third-order valence-electron chi connectivity index (χ3n) is 4.00. The maximum Gasteiger partial charge on any atom is 0.0586 e. The lowest BCUT2D eigenvalue weighted by Crippen LogP contribution is -2.30. The summed E-state index contributed by atoms with van der Waals surface area (Å²) in [6.45, 7) is 5.36. The molecule has 0 N–H and O–H groups in total. The Morgan fingerprint density at radius 3 is 2.44 bits per heavy atom. The van der Waals surface area contributed by atoms with Crippen molar-refractivity contribution in [2.45, 2.75) is 64.4 Å². The molecule has 1 aliphatic carbocycles. The van der Waals surface area contributed by atoms with Gasteiger partial charge in [0.25, 0.3) is 0 Å². The molecule has 0 bridgehead atoms. The molecular formula is C17H26O. The van der Waals surface area contributed by atoms with Gasteiger partial charge in [0.15, 0.2) is 0 Å². The lowest BCUT2D eigenvalue weighted by Gasteiger charge is -2.35. The summed E-state index contributed by atoms with van der Waals surface area (Å²) in [6.07, 6.45) is 8.18. The van der Waals surface area contributed by atoms with Gasteiger partial charge in [-0.2, -0.15) is 0 Å². The molecule has 0 saturated heterocycles. The van der Waals surface area contributed by atoms with Gasteiger partial charge in [0.05, 0.1) is 6.10 Å². The van der Waals surface area contributed by atoms with Gasteiger partial charge in [-0.1, -0.05) is 56.0 Å². The zero-order valence-electron chi connectivity index (χ0n) is 11.8. The maximum atomic E-state index is 5.90. The second-order valence-electron chi connectivity index (χ2n) is 5.63. The number of hydrogen-bond acceptors (Lipinski definition) is 1. The monoisotopic (exact) mass is 246 g/mol. The normalized spacial score (nSPS) is 22.8. The molecular weight excluding hydrogens is 220 g/mol. The third-order valence-corrected chi connectivity index (χ3v) is 4.00. The van der Waals surface area contributed by atoms with Crippen molar-refractivity contribution < 1.29 is 4.74 Å². The van der Waals surface area contributed by atoms with Crippen LogP contribution in [0, 0.1) is 6.92 Å². The second-order valence-corrected chi connectivity index (χ2v) is 5.63. The average molecular weight is 246 g/mol. The fourth-order valence-corrected chi connectivity index (χ4v) is 2.59. The summed E-state index contributed by atoms with van der Waals surface area (Å²) >= 11 is 0. The van der Waals surface area contributed by atoms with Crippen LogP contribution in [0.1, 0.15) is 62.5 Å². The molecule has 1 nitrogen and oxygen atoms in total. The molecule has 0 radical (unpaired) electrons. The van der Waals surface area contributed by atoms with Crippen LogP contribution in [0.25, 0.3) is 0 Å². The molecule has 0 heterocycles. The predicted molar refractivity (Wildman–Crippen MR) is 77.0 cm³/mol. The minimum Gasteiger partial charge on any atom is -0.378 e. The van der Waals surface area contributed by atoms with Crippen LogP contribution in [-0.2, 0) is 4.74 Å². The largest absolute Gasteiger partial charge is 0.378 e. The summed E-state index contributed by atoms with van der Waals surface area (Å²) < 4.78 is 5.90. The first-order chi connectivity index (χ1) is 8.79. The summed E-state index contributed by atoms with van der Waals surface area (Å²) in [6, 6.07) is 8.98. The summed E-state index contributed by atoms with van der Waals surface area (Å²) in [5, 5.41) is 0. The highest BCUT2D eigenvalue weighted by Crippen LogP contribution is 2.38. The van der Waals surface area contributed by atoms with E-state index in [1.165, 1.54) is 49.7 Å². The van der Waals surface area contributed by atoms with E-state index in [0.717, 1.165) is 12.5 Å². The highest BCUT2D eigenvalue weighted by atomic mass is 16.5. The van der Waals surface area contributed by atoms with E-state index in [4.69, 9.17) is 4.74 Å². The molecule has 1 aliphatic rings. The summed E-state index contributed by atoms with van der Waals surface area (Å²) in [5.41, 5.74) is 2.84. The highest BCUT2D eigenvalue weighted by molar-refractivity contribution is 5.26. The summed E-state index contributed by atoms with van der Waals surface area (Å²) in [4.78, 5) is 0. The lowest BCUT2D eigenvalue weighted by atomic mass is 9.77. The Kier molecular flexibility index (Phi) is 5.25. The molecule has 1 saturated carbocycles. The molecule has 0 amide bonds. The van der Waals surface area contributed by atoms with E-state index in [9.17, 15) is 0 Å². The van der Waals surface area contributed by atoms with Crippen molar-refractivity contribution in [3.63, 3.8) is 0 Å². The molecule has 0 atom stereocenters. The Hall–Kier alpha value is -0.820. The zero-order valence-corrected chi connectivity index (χ0v) is 11.8. The van der Waals surface area contributed by atoms with Crippen LogP contribution in [0.5, 0.6) is 0 Å². The van der Waals surface area contributed by atoms with Gasteiger partial charge >= 0.3 is 0 Å². The van der Waals surface area contributed by atoms with E-state index in [0.29, 0.717) is 6.10 Å². The molecule has 1 heteroatoms. The second kappa shape index (κ2) is 6.94. The van der Waals surface area contributed by atoms with E-state index in [2.05, 4.69) is 38.1 Å². The number of aryl methyl sites for hydroxylation is 1. The van der Waals surface area contributed by atoms with Crippen molar-refractivity contribution in [2.75, 3.05) is 6.61 Å². The van der Waals surface area contributed by atoms with Gasteiger partial charge < -0.3 is 4.74 Å². The quantitative estimate of drug-likeness (QED) is 0.626. The molecule has 0 unspecified atom stereocenters. The van der Waals surface area contributed by atoms with Crippen molar-refractivity contribution in [1.29, 1.82) is 0 Å². The van der Waals surface area contributed by atoms with Gasteiger partial charge in [-0.15, -0.1) is 0 Å². The first-order valence-electron chi connectivity index (χ1n) is 7.47. The predicted octanol–water partition coefficient (Wildman–Crippen LogP) is 4.84. The number of hydrogen-bond donors (Lipinski definition) is 0. The molecule has 1 aromatic rings. The topological polar surface area (TPSA) is 9.23 Å². The van der Waals surface area contributed by atoms with Gasteiger partial charge in [-0.05, 0) is 37.7 Å². The van der Waals surface area contributed by atoms with Crippen LogP contribution in [0.4, 0.5) is 0 Å². The van der Waals surface area contributed by atoms with Crippen LogP contribution >= 0.6 is 0 Å².